The summed E-state index contributed by atoms with van der Waals surface area (Å²) in [5, 5.41) is 9.25. The van der Waals surface area contributed by atoms with E-state index >= 15 is 0 Å². The highest BCUT2D eigenvalue weighted by molar-refractivity contribution is 6.30. The molecule has 2 aromatic rings. The average molecular weight is 346 g/mol. The number of carboxylic acid groups (broad SMARTS) is 1. The van der Waals surface area contributed by atoms with Gasteiger partial charge >= 0.3 is 5.97 Å². The summed E-state index contributed by atoms with van der Waals surface area (Å²) in [6.07, 6.45) is 0.0692. The van der Waals surface area contributed by atoms with E-state index in [1.54, 1.807) is 42.5 Å². The summed E-state index contributed by atoms with van der Waals surface area (Å²) in [7, 11) is 0. The van der Waals surface area contributed by atoms with Crippen molar-refractivity contribution in [2.75, 3.05) is 6.54 Å². The molecule has 24 heavy (non-hydrogen) atoms. The van der Waals surface area contributed by atoms with Gasteiger partial charge in [-0.15, -0.1) is 0 Å². The van der Waals surface area contributed by atoms with Crippen molar-refractivity contribution in [3.8, 4) is 0 Å². The molecule has 2 amide bonds. The van der Waals surface area contributed by atoms with Gasteiger partial charge in [-0.2, -0.15) is 0 Å². The van der Waals surface area contributed by atoms with Gasteiger partial charge in [-0.05, 0) is 42.8 Å². The topological polar surface area (TPSA) is 74.7 Å². The predicted molar refractivity (Wildman–Crippen MR) is 90.1 cm³/mol. The van der Waals surface area contributed by atoms with Gasteiger partial charge in [-0.1, -0.05) is 29.8 Å². The first-order chi connectivity index (χ1) is 11.5. The maximum Gasteiger partial charge on any atom is 0.303 e. The zero-order chi connectivity index (χ0) is 17.5. The van der Waals surface area contributed by atoms with Gasteiger partial charge in [0.05, 0.1) is 0 Å². The SMILES string of the molecule is O=C(O)CCCN(C(=O)c1ccccc1)C(=O)c1ccc(Cl)cc1. The Morgan fingerprint density at radius 3 is 1.96 bits per heavy atom. The van der Waals surface area contributed by atoms with Gasteiger partial charge in [-0.25, -0.2) is 0 Å². The van der Waals surface area contributed by atoms with Crippen LogP contribution in [0.25, 0.3) is 0 Å². The maximum absolute atomic E-state index is 12.7. The zero-order valence-electron chi connectivity index (χ0n) is 12.8. The molecule has 1 N–H and O–H groups in total. The third-order valence-electron chi connectivity index (χ3n) is 3.37. The molecule has 6 heteroatoms. The molecule has 0 aliphatic carbocycles. The number of carboxylic acids is 1. The third-order valence-corrected chi connectivity index (χ3v) is 3.63. The summed E-state index contributed by atoms with van der Waals surface area (Å²) in [6.45, 7) is 0.0293. The monoisotopic (exact) mass is 345 g/mol. The van der Waals surface area contributed by atoms with Crippen molar-refractivity contribution in [1.82, 2.24) is 4.90 Å². The summed E-state index contributed by atoms with van der Waals surface area (Å²) in [5.41, 5.74) is 0.689. The van der Waals surface area contributed by atoms with Crippen LogP contribution in [0.3, 0.4) is 0 Å². The van der Waals surface area contributed by atoms with Crippen LogP contribution in [0.1, 0.15) is 33.6 Å². The molecule has 5 nitrogen and oxygen atoms in total. The molecule has 2 aromatic carbocycles. The van der Waals surface area contributed by atoms with Gasteiger partial charge in [-0.3, -0.25) is 19.3 Å². The van der Waals surface area contributed by atoms with Crippen LogP contribution in [0.2, 0.25) is 5.02 Å². The Kier molecular flexibility index (Phi) is 6.09. The fourth-order valence-electron chi connectivity index (χ4n) is 2.17. The molecule has 0 aliphatic rings. The smallest absolute Gasteiger partial charge is 0.303 e. The molecule has 0 radical (unpaired) electrons. The molecule has 0 atom stereocenters. The molecule has 2 rings (SSSR count). The Balaban J connectivity index is 2.24. The molecule has 0 aliphatic heterocycles. The van der Waals surface area contributed by atoms with Crippen LogP contribution in [-0.4, -0.2) is 34.3 Å². The fraction of sp³-hybridized carbons (Fsp3) is 0.167. The molecule has 0 aromatic heterocycles. The van der Waals surface area contributed by atoms with Crippen LogP contribution in [0.15, 0.2) is 54.6 Å². The van der Waals surface area contributed by atoms with Crippen LogP contribution >= 0.6 is 11.6 Å². The molecule has 0 fully saturated rings. The Bertz CT molecular complexity index is 728. The second kappa shape index (κ2) is 8.26. The first-order valence-electron chi connectivity index (χ1n) is 7.37. The first-order valence-corrected chi connectivity index (χ1v) is 7.75. The largest absolute Gasteiger partial charge is 0.481 e. The quantitative estimate of drug-likeness (QED) is 0.813. The van der Waals surface area contributed by atoms with Crippen LogP contribution in [-0.2, 0) is 4.79 Å². The molecule has 0 spiro atoms. The van der Waals surface area contributed by atoms with E-state index < -0.39 is 17.8 Å². The van der Waals surface area contributed by atoms with Gasteiger partial charge in [0.2, 0.25) is 0 Å². The van der Waals surface area contributed by atoms with Gasteiger partial charge in [0.1, 0.15) is 0 Å². The molecule has 0 unspecified atom stereocenters. The van der Waals surface area contributed by atoms with Crippen molar-refractivity contribution in [3.63, 3.8) is 0 Å². The molecule has 0 heterocycles. The lowest BCUT2D eigenvalue weighted by Crippen LogP contribution is -2.38. The highest BCUT2D eigenvalue weighted by Crippen LogP contribution is 2.14. The Hall–Kier alpha value is -2.66. The number of halogens is 1. The molecular formula is C18H16ClNO4. The van der Waals surface area contributed by atoms with Gasteiger partial charge in [0.15, 0.2) is 0 Å². The Morgan fingerprint density at radius 1 is 0.875 bits per heavy atom. The van der Waals surface area contributed by atoms with E-state index in [0.717, 1.165) is 4.90 Å². The molecular weight excluding hydrogens is 330 g/mol. The van der Waals surface area contributed by atoms with Crippen LogP contribution in [0.4, 0.5) is 0 Å². The number of benzene rings is 2. The molecule has 0 bridgehead atoms. The third kappa shape index (κ3) is 4.67. The van der Waals surface area contributed by atoms with E-state index in [1.165, 1.54) is 12.1 Å². The molecule has 0 saturated carbocycles. The number of carbonyl (C=O) groups excluding carboxylic acids is 2. The van der Waals surface area contributed by atoms with E-state index in [9.17, 15) is 14.4 Å². The number of rotatable bonds is 6. The highest BCUT2D eigenvalue weighted by Gasteiger charge is 2.23. The number of hydrogen-bond donors (Lipinski definition) is 1. The van der Waals surface area contributed by atoms with Gasteiger partial charge in [0, 0.05) is 29.1 Å². The lowest BCUT2D eigenvalue weighted by atomic mass is 10.1. The van der Waals surface area contributed by atoms with Crippen LogP contribution < -0.4 is 0 Å². The summed E-state index contributed by atoms with van der Waals surface area (Å²) in [5.74, 6) is -1.91. The standard InChI is InChI=1S/C18H16ClNO4/c19-15-10-8-14(9-11-15)18(24)20(12-4-7-16(21)22)17(23)13-5-2-1-3-6-13/h1-3,5-6,8-11H,4,7,12H2,(H,21,22). The van der Waals surface area contributed by atoms with Crippen LogP contribution in [0.5, 0.6) is 0 Å². The van der Waals surface area contributed by atoms with Crippen molar-refractivity contribution in [1.29, 1.82) is 0 Å². The first kappa shape index (κ1) is 17.7. The number of hydrogen-bond acceptors (Lipinski definition) is 3. The minimum Gasteiger partial charge on any atom is -0.481 e. The molecule has 0 saturated heterocycles. The van der Waals surface area contributed by atoms with E-state index in [-0.39, 0.29) is 19.4 Å². The van der Waals surface area contributed by atoms with Crippen LogP contribution in [0, 0.1) is 0 Å². The minimum absolute atomic E-state index is 0.0293. The minimum atomic E-state index is -0.971. The maximum atomic E-state index is 12.7. The summed E-state index contributed by atoms with van der Waals surface area (Å²) in [6, 6.07) is 14.6. The predicted octanol–water partition coefficient (Wildman–Crippen LogP) is 3.49. The fourth-order valence-corrected chi connectivity index (χ4v) is 2.29. The second-order valence-electron chi connectivity index (χ2n) is 5.13. The number of imide groups is 1. The van der Waals surface area contributed by atoms with Crippen molar-refractivity contribution in [2.24, 2.45) is 0 Å². The number of nitrogens with zero attached hydrogens (tertiary/aromatic N) is 1. The Morgan fingerprint density at radius 2 is 1.42 bits per heavy atom. The van der Waals surface area contributed by atoms with Gasteiger partial charge in [0.25, 0.3) is 11.8 Å². The lowest BCUT2D eigenvalue weighted by Gasteiger charge is -2.21. The lowest BCUT2D eigenvalue weighted by molar-refractivity contribution is -0.137. The second-order valence-corrected chi connectivity index (χ2v) is 5.57. The number of aliphatic carboxylic acids is 1. The van der Waals surface area contributed by atoms with Crippen molar-refractivity contribution in [2.45, 2.75) is 12.8 Å². The Labute approximate surface area is 144 Å². The van der Waals surface area contributed by atoms with Gasteiger partial charge < -0.3 is 5.11 Å². The van der Waals surface area contributed by atoms with E-state index in [1.807, 2.05) is 0 Å². The van der Waals surface area contributed by atoms with Crippen molar-refractivity contribution < 1.29 is 19.5 Å². The number of carbonyl (C=O) groups is 3. The van der Waals surface area contributed by atoms with E-state index in [2.05, 4.69) is 0 Å². The van der Waals surface area contributed by atoms with Crippen molar-refractivity contribution >= 4 is 29.4 Å². The summed E-state index contributed by atoms with van der Waals surface area (Å²) >= 11 is 5.82. The normalized spacial score (nSPS) is 10.2. The number of amides is 2. The zero-order valence-corrected chi connectivity index (χ0v) is 13.6. The van der Waals surface area contributed by atoms with E-state index in [0.29, 0.717) is 16.1 Å². The summed E-state index contributed by atoms with van der Waals surface area (Å²) < 4.78 is 0. The molecule has 124 valence electrons. The summed E-state index contributed by atoms with van der Waals surface area (Å²) in [4.78, 5) is 37.1. The average Bonchev–Trinajstić information content (AvgIpc) is 2.59. The highest BCUT2D eigenvalue weighted by atomic mass is 35.5. The van der Waals surface area contributed by atoms with Crippen molar-refractivity contribution in [3.05, 3.63) is 70.7 Å². The van der Waals surface area contributed by atoms with E-state index in [4.69, 9.17) is 16.7 Å².